The molecule has 0 aliphatic carbocycles. The first-order valence-electron chi connectivity index (χ1n) is 3.21. The average Bonchev–Trinajstić information content (AvgIpc) is 2.31. The van der Waals surface area contributed by atoms with Crippen LogP contribution < -0.4 is 0 Å². The van der Waals surface area contributed by atoms with Crippen molar-refractivity contribution in [3.05, 3.63) is 15.4 Å². The third kappa shape index (κ3) is 1.71. The summed E-state index contributed by atoms with van der Waals surface area (Å²) in [4.78, 5) is 3.99. The SMILES string of the molecule is CC(C)c1nc(C#N)c(I)o1. The Morgan fingerprint density at radius 2 is 2.27 bits per heavy atom. The molecule has 3 nitrogen and oxygen atoms in total. The predicted molar refractivity (Wildman–Crippen MR) is 48.0 cm³/mol. The van der Waals surface area contributed by atoms with Crippen LogP contribution in [0.2, 0.25) is 0 Å². The van der Waals surface area contributed by atoms with Gasteiger partial charge in [0, 0.05) is 28.5 Å². The van der Waals surface area contributed by atoms with Crippen LogP contribution in [-0.2, 0) is 0 Å². The Bertz CT molecular complexity index is 298. The first-order chi connectivity index (χ1) is 5.15. The third-order valence-corrected chi connectivity index (χ3v) is 1.93. The van der Waals surface area contributed by atoms with Gasteiger partial charge in [-0.05, 0) is 0 Å². The fourth-order valence-electron chi connectivity index (χ4n) is 0.633. The number of halogens is 1. The molecule has 1 aromatic rings. The van der Waals surface area contributed by atoms with E-state index in [1.165, 1.54) is 0 Å². The Balaban J connectivity index is 3.07. The summed E-state index contributed by atoms with van der Waals surface area (Å²) in [7, 11) is 0. The molecule has 0 fully saturated rings. The van der Waals surface area contributed by atoms with Crippen LogP contribution in [-0.4, -0.2) is 4.98 Å². The van der Waals surface area contributed by atoms with Crippen LogP contribution in [0.25, 0.3) is 0 Å². The number of rotatable bonds is 1. The van der Waals surface area contributed by atoms with Crippen LogP contribution in [0.4, 0.5) is 0 Å². The van der Waals surface area contributed by atoms with Crippen molar-refractivity contribution in [1.29, 1.82) is 5.26 Å². The maximum Gasteiger partial charge on any atom is 0.202 e. The van der Waals surface area contributed by atoms with Crippen LogP contribution in [0.15, 0.2) is 4.42 Å². The summed E-state index contributed by atoms with van der Waals surface area (Å²) in [5.74, 6) is 0.872. The van der Waals surface area contributed by atoms with Crippen molar-refractivity contribution in [3.8, 4) is 6.07 Å². The lowest BCUT2D eigenvalue weighted by Gasteiger charge is -1.93. The molecule has 0 spiro atoms. The second kappa shape index (κ2) is 3.22. The van der Waals surface area contributed by atoms with Gasteiger partial charge in [0.05, 0.1) is 0 Å². The summed E-state index contributed by atoms with van der Waals surface area (Å²) < 4.78 is 5.80. The van der Waals surface area contributed by atoms with Gasteiger partial charge in [-0.2, -0.15) is 5.26 Å². The molecule has 58 valence electrons. The molecular formula is C7H7IN2O. The molecule has 1 heterocycles. The molecule has 0 atom stereocenters. The van der Waals surface area contributed by atoms with E-state index in [1.807, 2.05) is 42.5 Å². The molecule has 0 amide bonds. The highest BCUT2D eigenvalue weighted by molar-refractivity contribution is 14.1. The monoisotopic (exact) mass is 262 g/mol. The Labute approximate surface area is 78.6 Å². The van der Waals surface area contributed by atoms with Gasteiger partial charge in [0.15, 0.2) is 11.6 Å². The van der Waals surface area contributed by atoms with E-state index >= 15 is 0 Å². The number of oxazole rings is 1. The Hall–Kier alpha value is -0.570. The Morgan fingerprint density at radius 1 is 1.64 bits per heavy atom. The first kappa shape index (κ1) is 8.53. The molecule has 0 aromatic carbocycles. The molecular weight excluding hydrogens is 255 g/mol. The largest absolute Gasteiger partial charge is 0.433 e. The average molecular weight is 262 g/mol. The maximum absolute atomic E-state index is 8.54. The summed E-state index contributed by atoms with van der Waals surface area (Å²) in [6.45, 7) is 3.95. The fourth-order valence-corrected chi connectivity index (χ4v) is 1.10. The lowest BCUT2D eigenvalue weighted by molar-refractivity contribution is 0.451. The highest BCUT2D eigenvalue weighted by Crippen LogP contribution is 2.18. The number of nitrogens with zero attached hydrogens (tertiary/aromatic N) is 2. The van der Waals surface area contributed by atoms with Crippen LogP contribution >= 0.6 is 22.6 Å². The summed E-state index contributed by atoms with van der Waals surface area (Å²) in [6, 6.07) is 1.96. The summed E-state index contributed by atoms with van der Waals surface area (Å²) in [5.41, 5.74) is 0.384. The lowest BCUT2D eigenvalue weighted by Crippen LogP contribution is -1.85. The van der Waals surface area contributed by atoms with Crippen molar-refractivity contribution in [3.63, 3.8) is 0 Å². The van der Waals surface area contributed by atoms with E-state index < -0.39 is 0 Å². The maximum atomic E-state index is 8.54. The van der Waals surface area contributed by atoms with E-state index in [-0.39, 0.29) is 5.92 Å². The van der Waals surface area contributed by atoms with Crippen LogP contribution in [0.5, 0.6) is 0 Å². The minimum atomic E-state index is 0.241. The van der Waals surface area contributed by atoms with Gasteiger partial charge < -0.3 is 4.42 Å². The van der Waals surface area contributed by atoms with Gasteiger partial charge >= 0.3 is 0 Å². The quantitative estimate of drug-likeness (QED) is 0.729. The second-order valence-electron chi connectivity index (χ2n) is 2.44. The number of hydrogen-bond acceptors (Lipinski definition) is 3. The molecule has 0 unspecified atom stereocenters. The molecule has 0 saturated heterocycles. The Morgan fingerprint density at radius 3 is 2.55 bits per heavy atom. The van der Waals surface area contributed by atoms with E-state index in [9.17, 15) is 0 Å². The minimum absolute atomic E-state index is 0.241. The predicted octanol–water partition coefficient (Wildman–Crippen LogP) is 2.27. The van der Waals surface area contributed by atoms with E-state index in [1.54, 1.807) is 0 Å². The summed E-state index contributed by atoms with van der Waals surface area (Å²) in [6.07, 6.45) is 0. The fraction of sp³-hybridized carbons (Fsp3) is 0.429. The molecule has 4 heteroatoms. The van der Waals surface area contributed by atoms with Crippen molar-refractivity contribution in [1.82, 2.24) is 4.98 Å². The van der Waals surface area contributed by atoms with Gasteiger partial charge in [0.25, 0.3) is 0 Å². The van der Waals surface area contributed by atoms with Crippen molar-refractivity contribution in [2.24, 2.45) is 0 Å². The molecule has 1 rings (SSSR count). The smallest absolute Gasteiger partial charge is 0.202 e. The van der Waals surface area contributed by atoms with Gasteiger partial charge in [0.2, 0.25) is 3.77 Å². The van der Waals surface area contributed by atoms with E-state index in [2.05, 4.69) is 4.98 Å². The van der Waals surface area contributed by atoms with Crippen LogP contribution in [0, 0.1) is 15.1 Å². The molecule has 11 heavy (non-hydrogen) atoms. The van der Waals surface area contributed by atoms with Crippen LogP contribution in [0.3, 0.4) is 0 Å². The molecule has 0 bridgehead atoms. The van der Waals surface area contributed by atoms with Crippen LogP contribution in [0.1, 0.15) is 31.4 Å². The number of hydrogen-bond donors (Lipinski definition) is 0. The topological polar surface area (TPSA) is 49.8 Å². The molecule has 0 aliphatic rings. The highest BCUT2D eigenvalue weighted by atomic mass is 127. The lowest BCUT2D eigenvalue weighted by atomic mass is 10.2. The summed E-state index contributed by atoms with van der Waals surface area (Å²) >= 11 is 1.96. The highest BCUT2D eigenvalue weighted by Gasteiger charge is 2.11. The zero-order chi connectivity index (χ0) is 8.43. The van der Waals surface area contributed by atoms with Crippen molar-refractivity contribution in [2.75, 3.05) is 0 Å². The van der Waals surface area contributed by atoms with Crippen molar-refractivity contribution < 1.29 is 4.42 Å². The van der Waals surface area contributed by atoms with Gasteiger partial charge in [-0.25, -0.2) is 4.98 Å². The molecule has 0 N–H and O–H groups in total. The van der Waals surface area contributed by atoms with Gasteiger partial charge in [0.1, 0.15) is 6.07 Å². The zero-order valence-electron chi connectivity index (χ0n) is 6.26. The van der Waals surface area contributed by atoms with E-state index in [0.717, 1.165) is 0 Å². The van der Waals surface area contributed by atoms with Crippen molar-refractivity contribution >= 4 is 22.6 Å². The van der Waals surface area contributed by atoms with Crippen molar-refractivity contribution in [2.45, 2.75) is 19.8 Å². The normalized spacial score (nSPS) is 10.1. The molecule has 0 radical (unpaired) electrons. The third-order valence-electron chi connectivity index (χ3n) is 1.20. The van der Waals surface area contributed by atoms with Gasteiger partial charge in [-0.15, -0.1) is 0 Å². The molecule has 0 saturated carbocycles. The number of nitriles is 1. The standard InChI is InChI=1S/C7H7IN2O/c1-4(2)7-10-5(3-9)6(8)11-7/h4H,1-2H3. The van der Waals surface area contributed by atoms with E-state index in [0.29, 0.717) is 15.4 Å². The second-order valence-corrected chi connectivity index (χ2v) is 3.42. The zero-order valence-corrected chi connectivity index (χ0v) is 8.42. The Kier molecular flexibility index (Phi) is 2.49. The first-order valence-corrected chi connectivity index (χ1v) is 4.29. The van der Waals surface area contributed by atoms with Gasteiger partial charge in [-0.1, -0.05) is 13.8 Å². The molecule has 1 aromatic heterocycles. The van der Waals surface area contributed by atoms with Gasteiger partial charge in [-0.3, -0.25) is 0 Å². The molecule has 0 aliphatic heterocycles. The van der Waals surface area contributed by atoms with E-state index in [4.69, 9.17) is 9.68 Å². The summed E-state index contributed by atoms with van der Waals surface area (Å²) in [5, 5.41) is 8.54. The number of aromatic nitrogens is 1. The minimum Gasteiger partial charge on any atom is -0.433 e.